The Labute approximate surface area is 194 Å². The van der Waals surface area contributed by atoms with Crippen LogP contribution in [0.2, 0.25) is 0 Å². The van der Waals surface area contributed by atoms with Crippen molar-refractivity contribution in [2.75, 3.05) is 19.7 Å². The van der Waals surface area contributed by atoms with Crippen LogP contribution in [0.3, 0.4) is 0 Å². The maximum atomic E-state index is 12.1. The third kappa shape index (κ3) is 3.43. The van der Waals surface area contributed by atoms with E-state index in [0.29, 0.717) is 42.1 Å². The molecule has 5 rings (SSSR count). The van der Waals surface area contributed by atoms with E-state index in [1.807, 2.05) is 0 Å². The van der Waals surface area contributed by atoms with Gasteiger partial charge in [0.2, 0.25) is 0 Å². The molecule has 0 unspecified atom stereocenters. The molecule has 4 saturated carbocycles. The number of hydrogen-bond donors (Lipinski definition) is 2. The molecule has 10 atom stereocenters. The van der Waals surface area contributed by atoms with Crippen LogP contribution in [0.5, 0.6) is 0 Å². The first-order valence-corrected chi connectivity index (χ1v) is 13.6. The Morgan fingerprint density at radius 3 is 2.41 bits per heavy atom. The Kier molecular flexibility index (Phi) is 6.06. The number of ether oxygens (including phenoxy) is 1. The lowest BCUT2D eigenvalue weighted by molar-refractivity contribution is -0.202. The van der Waals surface area contributed by atoms with Crippen LogP contribution < -0.4 is 0 Å². The summed E-state index contributed by atoms with van der Waals surface area (Å²) in [6.07, 6.45) is 10.3. The zero-order chi connectivity index (χ0) is 22.7. The van der Waals surface area contributed by atoms with Gasteiger partial charge >= 0.3 is 6.09 Å². The maximum absolute atomic E-state index is 12.1. The molecule has 1 saturated heterocycles. The van der Waals surface area contributed by atoms with E-state index in [-0.39, 0.29) is 29.1 Å². The minimum absolute atomic E-state index is 0.133. The summed E-state index contributed by atoms with van der Waals surface area (Å²) < 4.78 is 5.61. The Morgan fingerprint density at radius 2 is 1.72 bits per heavy atom. The average molecular weight is 448 g/mol. The second kappa shape index (κ2) is 8.45. The SMILES string of the molecule is CC[C@H]1[C@@H](O)[C@@H]2[C@H](CC[C@]3(C)[C@@H](CCOC(=O)N4CCC4)CC[C@@H]23)[C@@]2(C)CC[C@@H](O)C[C@@H]12. The van der Waals surface area contributed by atoms with E-state index in [1.165, 1.54) is 25.7 Å². The zero-order valence-corrected chi connectivity index (χ0v) is 20.5. The molecule has 0 aromatic rings. The van der Waals surface area contributed by atoms with E-state index in [1.54, 1.807) is 4.90 Å². The minimum Gasteiger partial charge on any atom is -0.449 e. The highest BCUT2D eigenvalue weighted by Crippen LogP contribution is 2.69. The summed E-state index contributed by atoms with van der Waals surface area (Å²) in [5.74, 6) is 2.90. The number of aliphatic hydroxyl groups excluding tert-OH is 2. The van der Waals surface area contributed by atoms with E-state index in [4.69, 9.17) is 4.74 Å². The third-order valence-electron chi connectivity index (χ3n) is 11.4. The van der Waals surface area contributed by atoms with Crippen LogP contribution in [0.15, 0.2) is 0 Å². The fourth-order valence-corrected chi connectivity index (χ4v) is 9.42. The lowest BCUT2D eigenvalue weighted by Crippen LogP contribution is -2.62. The van der Waals surface area contributed by atoms with E-state index in [2.05, 4.69) is 20.8 Å². The number of hydrogen-bond acceptors (Lipinski definition) is 4. The summed E-state index contributed by atoms with van der Waals surface area (Å²) in [5.41, 5.74) is 0.511. The van der Waals surface area contributed by atoms with E-state index < -0.39 is 0 Å². The number of amides is 1. The van der Waals surface area contributed by atoms with Crippen molar-refractivity contribution in [3.05, 3.63) is 0 Å². The largest absolute Gasteiger partial charge is 0.449 e. The van der Waals surface area contributed by atoms with Gasteiger partial charge in [0.1, 0.15) is 0 Å². The molecule has 0 aromatic heterocycles. The van der Waals surface area contributed by atoms with Crippen LogP contribution in [0.1, 0.15) is 85.0 Å². The van der Waals surface area contributed by atoms with Crippen molar-refractivity contribution in [3.63, 3.8) is 0 Å². The quantitative estimate of drug-likeness (QED) is 0.647. The summed E-state index contributed by atoms with van der Waals surface area (Å²) in [4.78, 5) is 13.9. The molecule has 0 aromatic carbocycles. The van der Waals surface area contributed by atoms with Gasteiger partial charge in [-0.05, 0) is 104 Å². The Bertz CT molecular complexity index is 710. The minimum atomic E-state index is -0.235. The Hall–Kier alpha value is -0.810. The molecule has 0 spiro atoms. The van der Waals surface area contributed by atoms with Crippen LogP contribution in [0, 0.1) is 46.3 Å². The summed E-state index contributed by atoms with van der Waals surface area (Å²) >= 11 is 0. The predicted molar refractivity (Wildman–Crippen MR) is 124 cm³/mol. The Morgan fingerprint density at radius 1 is 1.00 bits per heavy atom. The molecular weight excluding hydrogens is 402 g/mol. The fourth-order valence-electron chi connectivity index (χ4n) is 9.42. The lowest BCUT2D eigenvalue weighted by Gasteiger charge is -2.64. The average Bonchev–Trinajstić information content (AvgIpc) is 3.05. The standard InChI is InChI=1S/C27H45NO4/c1-4-19-22-16-18(29)8-11-27(22,3)21-9-12-26(2)17(6-7-20(26)23(21)24(19)30)10-15-32-25(31)28-13-5-14-28/h17-24,29-30H,4-16H2,1-3H3/t17-,18-,19-,20+,21+,22+,23+,24-,26-,27-/m1/s1. The number of aliphatic hydroxyl groups is 2. The highest BCUT2D eigenvalue weighted by molar-refractivity contribution is 5.68. The first-order valence-electron chi connectivity index (χ1n) is 13.6. The van der Waals surface area contributed by atoms with Crippen LogP contribution in [-0.4, -0.2) is 53.1 Å². The molecule has 0 bridgehead atoms. The molecule has 2 N–H and O–H groups in total. The van der Waals surface area contributed by atoms with E-state index >= 15 is 0 Å². The molecule has 1 amide bonds. The summed E-state index contributed by atoms with van der Waals surface area (Å²) in [6.45, 7) is 9.45. The van der Waals surface area contributed by atoms with Gasteiger partial charge < -0.3 is 19.8 Å². The molecule has 182 valence electrons. The Balaban J connectivity index is 1.31. The second-order valence-electron chi connectivity index (χ2n) is 12.5. The number of rotatable bonds is 4. The number of likely N-dealkylation sites (tertiary alicyclic amines) is 1. The number of carbonyl (C=O) groups is 1. The van der Waals surface area contributed by atoms with Crippen LogP contribution in [0.25, 0.3) is 0 Å². The van der Waals surface area contributed by atoms with Crippen molar-refractivity contribution < 1.29 is 19.7 Å². The second-order valence-corrected chi connectivity index (χ2v) is 12.5. The van der Waals surface area contributed by atoms with Crippen molar-refractivity contribution >= 4 is 6.09 Å². The van der Waals surface area contributed by atoms with Gasteiger partial charge in [-0.25, -0.2) is 4.79 Å². The molecular formula is C27H45NO4. The van der Waals surface area contributed by atoms with E-state index in [9.17, 15) is 15.0 Å². The fraction of sp³-hybridized carbons (Fsp3) is 0.963. The van der Waals surface area contributed by atoms with Crippen LogP contribution >= 0.6 is 0 Å². The maximum Gasteiger partial charge on any atom is 0.409 e. The van der Waals surface area contributed by atoms with Crippen LogP contribution in [0.4, 0.5) is 4.79 Å². The number of carbonyl (C=O) groups excluding carboxylic acids is 1. The molecule has 1 heterocycles. The van der Waals surface area contributed by atoms with Gasteiger partial charge in [0, 0.05) is 13.1 Å². The van der Waals surface area contributed by atoms with Gasteiger partial charge in [0.05, 0.1) is 18.8 Å². The molecule has 0 radical (unpaired) electrons. The van der Waals surface area contributed by atoms with Crippen molar-refractivity contribution in [2.24, 2.45) is 46.3 Å². The van der Waals surface area contributed by atoms with Crippen molar-refractivity contribution in [1.29, 1.82) is 0 Å². The van der Waals surface area contributed by atoms with Gasteiger partial charge in [-0.1, -0.05) is 27.2 Å². The summed E-state index contributed by atoms with van der Waals surface area (Å²) in [5, 5.41) is 22.2. The molecule has 5 aliphatic rings. The van der Waals surface area contributed by atoms with Crippen molar-refractivity contribution in [1.82, 2.24) is 4.90 Å². The first-order chi connectivity index (χ1) is 15.3. The highest BCUT2D eigenvalue weighted by Gasteiger charge is 2.64. The van der Waals surface area contributed by atoms with Gasteiger partial charge in [0.15, 0.2) is 0 Å². The number of fused-ring (bicyclic) bond motifs is 5. The van der Waals surface area contributed by atoms with Gasteiger partial charge in [0.25, 0.3) is 0 Å². The van der Waals surface area contributed by atoms with Gasteiger partial charge in [-0.3, -0.25) is 0 Å². The normalized spacial score (nSPS) is 50.1. The predicted octanol–water partition coefficient (Wildman–Crippen LogP) is 4.85. The smallest absolute Gasteiger partial charge is 0.409 e. The van der Waals surface area contributed by atoms with Gasteiger partial charge in [-0.15, -0.1) is 0 Å². The van der Waals surface area contributed by atoms with Crippen molar-refractivity contribution in [3.8, 4) is 0 Å². The highest BCUT2D eigenvalue weighted by atomic mass is 16.6. The lowest BCUT2D eigenvalue weighted by atomic mass is 9.41. The third-order valence-corrected chi connectivity index (χ3v) is 11.4. The van der Waals surface area contributed by atoms with E-state index in [0.717, 1.165) is 51.6 Å². The molecule has 5 heteroatoms. The van der Waals surface area contributed by atoms with Crippen LogP contribution in [-0.2, 0) is 4.74 Å². The monoisotopic (exact) mass is 447 g/mol. The first kappa shape index (κ1) is 23.0. The molecule has 32 heavy (non-hydrogen) atoms. The summed E-state index contributed by atoms with van der Waals surface area (Å²) in [7, 11) is 0. The molecule has 4 aliphatic carbocycles. The molecule has 5 nitrogen and oxygen atoms in total. The van der Waals surface area contributed by atoms with Crippen molar-refractivity contribution in [2.45, 2.75) is 97.2 Å². The summed E-state index contributed by atoms with van der Waals surface area (Å²) in [6, 6.07) is 0. The topological polar surface area (TPSA) is 70.0 Å². The molecule has 1 aliphatic heterocycles. The van der Waals surface area contributed by atoms with Gasteiger partial charge in [-0.2, -0.15) is 0 Å². The number of nitrogens with zero attached hydrogens (tertiary/aromatic N) is 1. The zero-order valence-electron chi connectivity index (χ0n) is 20.5. The molecule has 5 fully saturated rings.